The van der Waals surface area contributed by atoms with Crippen LogP contribution in [0.4, 0.5) is 9.80 Å². The van der Waals surface area contributed by atoms with Gasteiger partial charge in [0.05, 0.1) is 9.80 Å². The molecular weight excluding hydrogens is 248 g/mol. The largest absolute Gasteiger partial charge is 0.435 e. The Balaban J connectivity index is 2.74. The van der Waals surface area contributed by atoms with Gasteiger partial charge in [-0.1, -0.05) is 16.5 Å². The summed E-state index contributed by atoms with van der Waals surface area (Å²) in [6, 6.07) is 2.74. The van der Waals surface area contributed by atoms with Crippen molar-refractivity contribution in [3.63, 3.8) is 0 Å². The molecule has 1 heterocycles. The van der Waals surface area contributed by atoms with Gasteiger partial charge < -0.3 is 10.6 Å². The average Bonchev–Trinajstić information content (AvgIpc) is 2.74. The van der Waals surface area contributed by atoms with Crippen molar-refractivity contribution < 1.29 is 14.6 Å². The number of nitrogens with zero attached hydrogens (tertiary/aromatic N) is 3. The van der Waals surface area contributed by atoms with Crippen molar-refractivity contribution in [2.75, 3.05) is 14.1 Å². The van der Waals surface area contributed by atoms with Gasteiger partial charge >= 0.3 is 11.1 Å². The molecule has 1 amide bonds. The maximum atomic E-state index is 11.0. The monoisotopic (exact) mass is 258 g/mol. The molecule has 0 atom stereocenters. The van der Waals surface area contributed by atoms with Crippen LogP contribution in [-0.4, -0.2) is 35.8 Å². The second-order valence-electron chi connectivity index (χ2n) is 3.12. The van der Waals surface area contributed by atoms with Gasteiger partial charge in [0.15, 0.2) is 5.84 Å². The van der Waals surface area contributed by atoms with Crippen molar-refractivity contribution in [1.29, 1.82) is 0 Å². The van der Waals surface area contributed by atoms with Crippen LogP contribution in [0.1, 0.15) is 4.88 Å². The molecule has 1 rings (SSSR count). The Labute approximate surface area is 100 Å². The average molecular weight is 258 g/mol. The highest BCUT2D eigenvalue weighted by Crippen LogP contribution is 2.23. The van der Waals surface area contributed by atoms with Crippen molar-refractivity contribution in [1.82, 2.24) is 4.90 Å². The number of thiophene rings is 1. The van der Waals surface area contributed by atoms with Gasteiger partial charge in [0.25, 0.3) is 0 Å². The zero-order valence-corrected chi connectivity index (χ0v) is 9.93. The molecule has 0 fully saturated rings. The van der Waals surface area contributed by atoms with E-state index >= 15 is 0 Å². The minimum atomic E-state index is -0.681. The first kappa shape index (κ1) is 12.9. The summed E-state index contributed by atoms with van der Waals surface area (Å²) in [7, 11) is 2.98. The summed E-state index contributed by atoms with van der Waals surface area (Å²) in [5.74, 6) is -0.0849. The highest BCUT2D eigenvalue weighted by atomic mass is 32.1. The fourth-order valence-corrected chi connectivity index (χ4v) is 1.49. The first-order valence-corrected chi connectivity index (χ1v) is 5.20. The molecule has 0 bridgehead atoms. The van der Waals surface area contributed by atoms with Gasteiger partial charge in [-0.15, -0.1) is 0 Å². The van der Waals surface area contributed by atoms with Gasteiger partial charge in [0.2, 0.25) is 0 Å². The maximum absolute atomic E-state index is 11.0. The second kappa shape index (κ2) is 5.25. The molecule has 0 aliphatic rings. The second-order valence-corrected chi connectivity index (χ2v) is 4.19. The first-order chi connectivity index (χ1) is 7.91. The molecule has 92 valence electrons. The molecule has 8 nitrogen and oxygen atoms in total. The van der Waals surface area contributed by atoms with E-state index < -0.39 is 11.0 Å². The summed E-state index contributed by atoms with van der Waals surface area (Å²) in [4.78, 5) is 26.9. The summed E-state index contributed by atoms with van der Waals surface area (Å²) in [6.45, 7) is 0. The Bertz CT molecular complexity index is 468. The smallest absolute Gasteiger partial charge is 0.380 e. The topological polar surface area (TPSA) is 111 Å². The van der Waals surface area contributed by atoms with E-state index in [1.54, 1.807) is 0 Å². The first-order valence-electron chi connectivity index (χ1n) is 4.38. The lowest BCUT2D eigenvalue weighted by Gasteiger charge is -2.06. The third kappa shape index (κ3) is 3.41. The number of nitrogens with two attached hydrogens (primary N) is 1. The number of amidine groups is 1. The third-order valence-electron chi connectivity index (χ3n) is 1.61. The lowest BCUT2D eigenvalue weighted by atomic mass is 10.4. The number of hydrogen-bond donors (Lipinski definition) is 1. The Kier molecular flexibility index (Phi) is 3.99. The summed E-state index contributed by atoms with van der Waals surface area (Å²) in [5.41, 5.74) is 5.50. The van der Waals surface area contributed by atoms with Gasteiger partial charge in [-0.25, -0.2) is 4.79 Å². The van der Waals surface area contributed by atoms with Crippen LogP contribution < -0.4 is 5.73 Å². The Morgan fingerprint density at radius 2 is 2.24 bits per heavy atom. The number of carbonyl (C=O) groups excluding carboxylic acids is 1. The fraction of sp³-hybridized carbons (Fsp3) is 0.250. The van der Waals surface area contributed by atoms with Crippen molar-refractivity contribution >= 4 is 28.3 Å². The van der Waals surface area contributed by atoms with Crippen molar-refractivity contribution in [2.24, 2.45) is 10.9 Å². The fourth-order valence-electron chi connectivity index (χ4n) is 0.778. The predicted molar refractivity (Wildman–Crippen MR) is 61.9 cm³/mol. The maximum Gasteiger partial charge on any atom is 0.435 e. The molecule has 0 aliphatic carbocycles. The van der Waals surface area contributed by atoms with Gasteiger partial charge in [0.1, 0.15) is 0 Å². The Hall–Kier alpha value is -2.16. The molecule has 0 unspecified atom stereocenters. The molecule has 0 radical (unpaired) electrons. The molecule has 0 saturated carbocycles. The van der Waals surface area contributed by atoms with Crippen LogP contribution in [0.2, 0.25) is 0 Å². The van der Waals surface area contributed by atoms with E-state index in [9.17, 15) is 14.9 Å². The quantitative estimate of drug-likeness (QED) is 0.285. The number of amides is 1. The van der Waals surface area contributed by atoms with Crippen molar-refractivity contribution in [2.45, 2.75) is 0 Å². The van der Waals surface area contributed by atoms with E-state index in [-0.39, 0.29) is 10.8 Å². The number of carbonyl (C=O) groups is 1. The lowest BCUT2D eigenvalue weighted by Crippen LogP contribution is -2.22. The Morgan fingerprint density at radius 3 is 2.71 bits per heavy atom. The molecular formula is C8H10N4O4S. The molecule has 0 saturated heterocycles. The third-order valence-corrected chi connectivity index (χ3v) is 2.67. The molecule has 9 heteroatoms. The number of nitro groups is 1. The molecule has 17 heavy (non-hydrogen) atoms. The van der Waals surface area contributed by atoms with Gasteiger partial charge in [0, 0.05) is 20.2 Å². The van der Waals surface area contributed by atoms with Gasteiger partial charge in [-0.3, -0.25) is 15.0 Å². The molecule has 0 aromatic carbocycles. The minimum Gasteiger partial charge on any atom is -0.380 e. The van der Waals surface area contributed by atoms with Crippen LogP contribution in [0, 0.1) is 10.1 Å². The number of rotatable bonds is 3. The lowest BCUT2D eigenvalue weighted by molar-refractivity contribution is -0.380. The van der Waals surface area contributed by atoms with Crippen LogP contribution in [0.5, 0.6) is 0 Å². The molecule has 1 aromatic rings. The molecule has 1 aromatic heterocycles. The van der Waals surface area contributed by atoms with E-state index in [1.165, 1.54) is 31.1 Å². The summed E-state index contributed by atoms with van der Waals surface area (Å²) in [5, 5.41) is 13.8. The summed E-state index contributed by atoms with van der Waals surface area (Å²) < 4.78 is 0. The molecule has 0 spiro atoms. The standard InChI is InChI=1S/C8H10N4O4S/c1-11(2)8(13)16-10-7(9)5-3-4-6(17-5)12(14)15/h3-4H,1-2H3,(H2,9,10). The zero-order valence-electron chi connectivity index (χ0n) is 9.11. The number of oxime groups is 1. The van der Waals surface area contributed by atoms with Crippen LogP contribution in [0.3, 0.4) is 0 Å². The van der Waals surface area contributed by atoms with Crippen LogP contribution in [-0.2, 0) is 4.84 Å². The van der Waals surface area contributed by atoms with E-state index in [2.05, 4.69) is 9.99 Å². The number of hydrogen-bond acceptors (Lipinski definition) is 6. The van der Waals surface area contributed by atoms with Crippen molar-refractivity contribution in [3.8, 4) is 0 Å². The normalized spacial score (nSPS) is 11.1. The van der Waals surface area contributed by atoms with E-state index in [4.69, 9.17) is 5.73 Å². The van der Waals surface area contributed by atoms with Crippen LogP contribution >= 0.6 is 11.3 Å². The highest BCUT2D eigenvalue weighted by Gasteiger charge is 2.13. The van der Waals surface area contributed by atoms with Crippen molar-refractivity contribution in [3.05, 3.63) is 27.1 Å². The van der Waals surface area contributed by atoms with E-state index in [0.717, 1.165) is 11.3 Å². The van der Waals surface area contributed by atoms with Gasteiger partial charge in [-0.05, 0) is 6.07 Å². The van der Waals surface area contributed by atoms with E-state index in [1.807, 2.05) is 0 Å². The SMILES string of the molecule is CN(C)C(=O)O/N=C(\N)c1ccc([N+](=O)[O-])s1. The highest BCUT2D eigenvalue weighted by molar-refractivity contribution is 7.17. The van der Waals surface area contributed by atoms with Crippen LogP contribution in [0.25, 0.3) is 0 Å². The van der Waals surface area contributed by atoms with E-state index in [0.29, 0.717) is 4.88 Å². The summed E-state index contributed by atoms with van der Waals surface area (Å²) in [6.07, 6.45) is -0.681. The molecule has 2 N–H and O–H groups in total. The van der Waals surface area contributed by atoms with Crippen LogP contribution in [0.15, 0.2) is 17.3 Å². The Morgan fingerprint density at radius 1 is 1.59 bits per heavy atom. The predicted octanol–water partition coefficient (Wildman–Crippen LogP) is 0.975. The van der Waals surface area contributed by atoms with Gasteiger partial charge in [-0.2, -0.15) is 0 Å². The zero-order chi connectivity index (χ0) is 13.0. The summed E-state index contributed by atoms with van der Waals surface area (Å²) >= 11 is 0.849. The minimum absolute atomic E-state index is 0.0583. The molecule has 0 aliphatic heterocycles.